The Labute approximate surface area is 199 Å². The van der Waals surface area contributed by atoms with Crippen LogP contribution in [0.4, 0.5) is 14.7 Å². The van der Waals surface area contributed by atoms with Crippen molar-refractivity contribution >= 4 is 40.0 Å². The quantitative estimate of drug-likeness (QED) is 0.325. The minimum absolute atomic E-state index is 0.145. The van der Waals surface area contributed by atoms with Crippen molar-refractivity contribution in [2.45, 2.75) is 39.3 Å². The van der Waals surface area contributed by atoms with E-state index in [1.54, 1.807) is 13.0 Å². The normalized spacial score (nSPS) is 12.3. The number of benzene rings is 2. The van der Waals surface area contributed by atoms with Crippen molar-refractivity contribution in [3.05, 3.63) is 47.5 Å². The summed E-state index contributed by atoms with van der Waals surface area (Å²) in [6.07, 6.45) is 1.85. The highest BCUT2D eigenvalue weighted by Crippen LogP contribution is 2.33. The van der Waals surface area contributed by atoms with Gasteiger partial charge in [0.05, 0.1) is 11.1 Å². The van der Waals surface area contributed by atoms with E-state index < -0.39 is 12.7 Å². The molecule has 0 aliphatic heterocycles. The first-order valence-electron chi connectivity index (χ1n) is 10.8. The lowest BCUT2D eigenvalue weighted by Gasteiger charge is -2.15. The number of aromatic nitrogens is 4. The molecule has 2 aromatic heterocycles. The summed E-state index contributed by atoms with van der Waals surface area (Å²) in [5, 5.41) is 11.4. The van der Waals surface area contributed by atoms with Crippen LogP contribution in [0.15, 0.2) is 42.5 Å². The van der Waals surface area contributed by atoms with Crippen molar-refractivity contribution in [3.8, 4) is 17.1 Å². The van der Waals surface area contributed by atoms with Crippen molar-refractivity contribution in [2.24, 2.45) is 0 Å². The predicted molar refractivity (Wildman–Crippen MR) is 126 cm³/mol. The molecule has 0 saturated heterocycles. The number of nitrogens with one attached hydrogen (secondary N) is 2. The predicted octanol–water partition coefficient (Wildman–Crippen LogP) is 4.92. The number of hydrogen-bond acceptors (Lipinski definition) is 6. The second-order valence-electron chi connectivity index (χ2n) is 7.65. The van der Waals surface area contributed by atoms with E-state index in [1.165, 1.54) is 16.6 Å². The molecule has 0 spiro atoms. The minimum atomic E-state index is -3.04. The third kappa shape index (κ3) is 5.01. The molecule has 178 valence electrons. The summed E-state index contributed by atoms with van der Waals surface area (Å²) in [6.45, 7) is 1.31. The second kappa shape index (κ2) is 10.2. The fourth-order valence-corrected chi connectivity index (χ4v) is 3.60. The molecule has 1 amide bonds. The summed E-state index contributed by atoms with van der Waals surface area (Å²) in [6, 6.07) is 11.1. The molecule has 4 aromatic rings. The average Bonchev–Trinajstić information content (AvgIpc) is 3.24. The summed E-state index contributed by atoms with van der Waals surface area (Å²) >= 11 is 5.97. The van der Waals surface area contributed by atoms with E-state index in [1.807, 2.05) is 31.2 Å². The van der Waals surface area contributed by atoms with Gasteiger partial charge in [0.15, 0.2) is 11.5 Å². The molecule has 0 bridgehead atoms. The van der Waals surface area contributed by atoms with Gasteiger partial charge in [0.2, 0.25) is 11.9 Å². The van der Waals surface area contributed by atoms with Crippen LogP contribution in [-0.2, 0) is 4.79 Å². The Hall–Kier alpha value is -3.53. The topological polar surface area (TPSA) is 93.4 Å². The minimum Gasteiger partial charge on any atom is -0.434 e. The van der Waals surface area contributed by atoms with Crippen LogP contribution < -0.4 is 15.4 Å². The first-order valence-corrected chi connectivity index (χ1v) is 11.2. The number of ether oxygens (including phenoxy) is 1. The zero-order valence-electron chi connectivity index (χ0n) is 18.6. The van der Waals surface area contributed by atoms with Gasteiger partial charge in [0, 0.05) is 17.0 Å². The Kier molecular flexibility index (Phi) is 7.06. The highest BCUT2D eigenvalue weighted by molar-refractivity contribution is 6.30. The van der Waals surface area contributed by atoms with Gasteiger partial charge < -0.3 is 15.4 Å². The molecule has 0 saturated carbocycles. The van der Waals surface area contributed by atoms with Crippen LogP contribution in [0.5, 0.6) is 5.75 Å². The number of halogens is 3. The van der Waals surface area contributed by atoms with Crippen molar-refractivity contribution in [2.75, 3.05) is 11.9 Å². The standard InChI is InChI=1S/C23H23ClF2N6O2/c1-3-4-11-27-21(33)13(2)28-23-29-17-8-6-5-7-15(17)20-30-19(31-32(20)23)16-10-9-14(24)12-18(16)34-22(25)26/h5-10,12-13,22H,3-4,11H2,1-2H3,(H,27,33)(H,28,29). The van der Waals surface area contributed by atoms with E-state index in [9.17, 15) is 13.6 Å². The number of unbranched alkanes of at least 4 members (excludes halogenated alkanes) is 1. The van der Waals surface area contributed by atoms with Gasteiger partial charge in [-0.25, -0.2) is 9.97 Å². The van der Waals surface area contributed by atoms with Crippen LogP contribution in [-0.4, -0.2) is 44.7 Å². The zero-order valence-corrected chi connectivity index (χ0v) is 19.3. The van der Waals surface area contributed by atoms with Gasteiger partial charge in [-0.15, -0.1) is 5.10 Å². The summed E-state index contributed by atoms with van der Waals surface area (Å²) in [5.74, 6) is 0.112. The van der Waals surface area contributed by atoms with Gasteiger partial charge >= 0.3 is 6.61 Å². The van der Waals surface area contributed by atoms with E-state index in [4.69, 9.17) is 11.6 Å². The fraction of sp³-hybridized carbons (Fsp3) is 0.304. The first-order chi connectivity index (χ1) is 16.4. The Bertz CT molecular complexity index is 1330. The summed E-state index contributed by atoms with van der Waals surface area (Å²) in [5.41, 5.74) is 1.32. The van der Waals surface area contributed by atoms with E-state index in [-0.39, 0.29) is 34.0 Å². The number of nitrogens with zero attached hydrogens (tertiary/aromatic N) is 4. The van der Waals surface area contributed by atoms with E-state index >= 15 is 0 Å². The number of fused-ring (bicyclic) bond motifs is 3. The van der Waals surface area contributed by atoms with E-state index in [0.29, 0.717) is 23.1 Å². The maximum absolute atomic E-state index is 13.0. The number of alkyl halides is 2. The SMILES string of the molecule is CCCCNC(=O)C(C)Nc1nc2ccccc2c2nc(-c3ccc(Cl)cc3OC(F)F)nn12. The summed E-state index contributed by atoms with van der Waals surface area (Å²) in [4.78, 5) is 21.7. The molecular weight excluding hydrogens is 466 g/mol. The molecule has 34 heavy (non-hydrogen) atoms. The number of carbonyl (C=O) groups excluding carboxylic acids is 1. The molecule has 4 rings (SSSR count). The molecular formula is C23H23ClF2N6O2. The molecule has 2 heterocycles. The lowest BCUT2D eigenvalue weighted by molar-refractivity contribution is -0.121. The van der Waals surface area contributed by atoms with Gasteiger partial charge in [-0.05, 0) is 43.7 Å². The molecule has 11 heteroatoms. The molecule has 0 fully saturated rings. The van der Waals surface area contributed by atoms with Crippen LogP contribution in [0.3, 0.4) is 0 Å². The molecule has 2 aromatic carbocycles. The Morgan fingerprint density at radius 2 is 2.00 bits per heavy atom. The fourth-order valence-electron chi connectivity index (χ4n) is 3.44. The molecule has 1 atom stereocenters. The maximum atomic E-state index is 13.0. The Morgan fingerprint density at radius 3 is 2.76 bits per heavy atom. The van der Waals surface area contributed by atoms with Crippen molar-refractivity contribution in [1.29, 1.82) is 0 Å². The third-order valence-corrected chi connectivity index (χ3v) is 5.38. The number of rotatable bonds is 9. The smallest absolute Gasteiger partial charge is 0.387 e. The van der Waals surface area contributed by atoms with Crippen LogP contribution in [0.25, 0.3) is 27.9 Å². The van der Waals surface area contributed by atoms with Crippen molar-refractivity contribution in [1.82, 2.24) is 24.9 Å². The maximum Gasteiger partial charge on any atom is 0.387 e. The Morgan fingerprint density at radius 1 is 1.21 bits per heavy atom. The number of hydrogen-bond donors (Lipinski definition) is 2. The lowest BCUT2D eigenvalue weighted by atomic mass is 10.2. The van der Waals surface area contributed by atoms with Gasteiger partial charge in [0.1, 0.15) is 11.8 Å². The van der Waals surface area contributed by atoms with Crippen molar-refractivity contribution < 1.29 is 18.3 Å². The summed E-state index contributed by atoms with van der Waals surface area (Å²) < 4.78 is 32.1. The molecule has 0 aliphatic carbocycles. The molecule has 0 aliphatic rings. The first kappa shape index (κ1) is 23.6. The average molecular weight is 489 g/mol. The molecule has 0 radical (unpaired) electrons. The largest absolute Gasteiger partial charge is 0.434 e. The molecule has 1 unspecified atom stereocenters. The van der Waals surface area contributed by atoms with Crippen LogP contribution in [0.1, 0.15) is 26.7 Å². The Balaban J connectivity index is 1.79. The van der Waals surface area contributed by atoms with E-state index in [0.717, 1.165) is 12.8 Å². The number of amides is 1. The van der Waals surface area contributed by atoms with Crippen molar-refractivity contribution in [3.63, 3.8) is 0 Å². The summed E-state index contributed by atoms with van der Waals surface area (Å²) in [7, 11) is 0. The lowest BCUT2D eigenvalue weighted by Crippen LogP contribution is -2.38. The monoisotopic (exact) mass is 488 g/mol. The van der Waals surface area contributed by atoms with E-state index in [2.05, 4.69) is 30.4 Å². The second-order valence-corrected chi connectivity index (χ2v) is 8.09. The highest BCUT2D eigenvalue weighted by Gasteiger charge is 2.21. The zero-order chi connectivity index (χ0) is 24.2. The van der Waals surface area contributed by atoms with Gasteiger partial charge in [-0.2, -0.15) is 13.3 Å². The molecule has 8 nitrogen and oxygen atoms in total. The van der Waals surface area contributed by atoms with Gasteiger partial charge in [-0.1, -0.05) is 37.1 Å². The van der Waals surface area contributed by atoms with Crippen LogP contribution >= 0.6 is 11.6 Å². The van der Waals surface area contributed by atoms with Gasteiger partial charge in [0.25, 0.3) is 0 Å². The van der Waals surface area contributed by atoms with Crippen LogP contribution in [0.2, 0.25) is 5.02 Å². The van der Waals surface area contributed by atoms with Gasteiger partial charge in [-0.3, -0.25) is 4.79 Å². The number of anilines is 1. The third-order valence-electron chi connectivity index (χ3n) is 5.15. The number of carbonyl (C=O) groups is 1. The molecule has 2 N–H and O–H groups in total. The van der Waals surface area contributed by atoms with Crippen LogP contribution in [0, 0.1) is 0 Å². The highest BCUT2D eigenvalue weighted by atomic mass is 35.5. The number of para-hydroxylation sites is 1.